The van der Waals surface area contributed by atoms with Crippen LogP contribution in [0.5, 0.6) is 23.0 Å². The third kappa shape index (κ3) is 20.5. The molecule has 24 heteroatoms. The summed E-state index contributed by atoms with van der Waals surface area (Å²) in [5, 5.41) is 32.0. The Bertz CT molecular complexity index is 4350. The number of amides is 1. The molecule has 0 unspecified atom stereocenters. The number of carbonyl (C=O) groups excluding carboxylic acids is 2. The molecule has 13 rings (SSSR count). The van der Waals surface area contributed by atoms with Crippen LogP contribution in [0.15, 0.2) is 210 Å². The molecule has 11 aromatic rings. The van der Waals surface area contributed by atoms with Crippen molar-refractivity contribution in [1.82, 2.24) is 15.6 Å². The number of hydrogen-bond donors (Lipinski definition) is 4. The van der Waals surface area contributed by atoms with Crippen LogP contribution in [-0.4, -0.2) is 95.5 Å². The van der Waals surface area contributed by atoms with Crippen molar-refractivity contribution in [3.05, 3.63) is 246 Å². The van der Waals surface area contributed by atoms with E-state index in [2.05, 4.69) is 82.8 Å². The maximum atomic E-state index is 14.6. The van der Waals surface area contributed by atoms with Crippen molar-refractivity contribution in [1.29, 1.82) is 1.34 Å². The number of ketones is 1. The summed E-state index contributed by atoms with van der Waals surface area (Å²) < 4.78 is 85.8. The van der Waals surface area contributed by atoms with E-state index in [0.29, 0.717) is 53.8 Å². The number of nitrogens with two attached hydrogens (primary N) is 1. The van der Waals surface area contributed by atoms with Crippen LogP contribution >= 0.6 is 47.8 Å². The Morgan fingerprint density at radius 1 is 0.558 bits per heavy atom. The molecule has 1 aliphatic carbocycles. The zero-order chi connectivity index (χ0) is 68.6. The van der Waals surface area contributed by atoms with Crippen molar-refractivity contribution in [2.45, 2.75) is 38.6 Å². The van der Waals surface area contributed by atoms with Gasteiger partial charge in [0.1, 0.15) is 57.5 Å². The number of nitrogens with one attached hydrogen (secondary N) is 1. The minimum Gasteiger partial charge on any atom is -0.497 e. The zero-order valence-electron chi connectivity index (χ0n) is 53.0. The van der Waals surface area contributed by atoms with E-state index in [1.54, 1.807) is 108 Å². The van der Waals surface area contributed by atoms with Crippen LogP contribution in [0.4, 0.5) is 13.2 Å². The molecule has 16 nitrogen and oxygen atoms in total. The van der Waals surface area contributed by atoms with Gasteiger partial charge in [-0.05, 0) is 227 Å². The summed E-state index contributed by atoms with van der Waals surface area (Å²) in [7, 11) is 10.1. The predicted octanol–water partition coefficient (Wildman–Crippen LogP) is 16.9. The van der Waals surface area contributed by atoms with Crippen molar-refractivity contribution in [3.8, 4) is 56.6 Å². The number of halogens is 6. The second-order valence-electron chi connectivity index (χ2n) is 20.6. The molecule has 5 N–H and O–H groups in total. The van der Waals surface area contributed by atoms with Crippen LogP contribution in [0.2, 0.25) is 0 Å². The van der Waals surface area contributed by atoms with Gasteiger partial charge in [0.2, 0.25) is 0 Å². The summed E-state index contributed by atoms with van der Waals surface area (Å²) in [6.07, 6.45) is 4.51. The molecule has 1 saturated heterocycles. The van der Waals surface area contributed by atoms with Gasteiger partial charge in [-0.3, -0.25) is 9.59 Å². The van der Waals surface area contributed by atoms with Gasteiger partial charge in [-0.1, -0.05) is 69.3 Å². The monoisotopic (exact) mass is 1710 g/mol. The average Bonchev–Trinajstić information content (AvgIpc) is 1.54. The van der Waals surface area contributed by atoms with E-state index < -0.39 is 17.5 Å². The average molecular weight is 1710 g/mol. The van der Waals surface area contributed by atoms with Gasteiger partial charge in [0.25, 0.3) is 5.91 Å². The van der Waals surface area contributed by atoms with Crippen molar-refractivity contribution < 1.29 is 97.0 Å². The molecule has 488 valence electrons. The number of oxime groups is 1. The Morgan fingerprint density at radius 2 is 0.979 bits per heavy atom. The Balaban J connectivity index is 0.000000198. The van der Waals surface area contributed by atoms with Gasteiger partial charge in [-0.15, -0.1) is 0 Å². The second-order valence-corrected chi connectivity index (χ2v) is 23.3. The maximum Gasteiger partial charge on any atom is 0.251 e. The zero-order valence-corrected chi connectivity index (χ0v) is 60.9. The molecule has 0 atom stereocenters. The first-order valence-electron chi connectivity index (χ1n) is 29.3. The largest absolute Gasteiger partial charge is 0.497 e. The van der Waals surface area contributed by atoms with Crippen LogP contribution < -0.4 is 30.2 Å². The number of rotatable bonds is 13. The summed E-state index contributed by atoms with van der Waals surface area (Å²) in [5.41, 5.74) is 8.58. The van der Waals surface area contributed by atoms with Crippen LogP contribution in [0.3, 0.4) is 0 Å². The standard InChI is InChI=1S/C25H21FN2O3.C14H11BrFNO2.C14H10BrFO2.C14H10BrNO2.C4H8O.BH.H3NO.U/c1-14-21(11-17(12-22(14)26)25(29)27-18-6-7-18)16-5-10-20-23(13-16)31-28-24(20)15-3-8-19(30-2)9-4-15;1-19-11-5-2-9(3-6-11)14(17-18)12-7-4-10(15)8-13(12)16;1-18-11-5-2-9(3-6-11)14(17)12-7-4-10(15)8-13(12)16;1-17-11-5-2-9(3-6-11)14-12-7-4-10(15)8-13(12)18-16-14;1-2-4-5-3-1;;1-2;/h3-5,8-13,18H,6-7H2,1-2H3,(H,27,29);2-8,18H,1H3;2*2-8H,1H3;1-4H2;1H;2H,1H2;/i;;;;;1D;;. The van der Waals surface area contributed by atoms with Crippen LogP contribution in [0, 0.1) is 55.5 Å². The van der Waals surface area contributed by atoms with Gasteiger partial charge in [-0.2, -0.15) is 0 Å². The fourth-order valence-corrected chi connectivity index (χ4v) is 10.3. The van der Waals surface area contributed by atoms with Crippen LogP contribution in [-0.2, 0) is 4.74 Å². The van der Waals surface area contributed by atoms with Gasteiger partial charge in [0.15, 0.2) is 16.9 Å². The number of ether oxygens (including phenoxy) is 5. The first-order chi connectivity index (χ1) is 46.1. The van der Waals surface area contributed by atoms with Gasteiger partial charge in [0.05, 0.1) is 34.0 Å². The van der Waals surface area contributed by atoms with E-state index in [1.807, 2.05) is 84.9 Å². The minimum atomic E-state index is -0.537. The molecule has 3 heterocycles. The van der Waals surface area contributed by atoms with E-state index >= 15 is 0 Å². The Morgan fingerprint density at radius 3 is 1.42 bits per heavy atom. The van der Waals surface area contributed by atoms with E-state index in [9.17, 15) is 22.8 Å². The van der Waals surface area contributed by atoms with Crippen LogP contribution in [0.1, 0.15) is 68.7 Å². The van der Waals surface area contributed by atoms with E-state index in [4.69, 9.17) is 44.5 Å². The normalized spacial score (nSPS) is 12.0. The SMILES string of the molecule is C1CCOC1.COc1ccc(-c2noc3cc(-c4cc(C(=O)NC5CC5)cc(F)c4C)ccc23)cc1.COc1ccc(-c2noc3cc(Br)ccc23)cc1.COc1ccc(C(=NO)c2ccc(Br)cc2F)cc1.COc1ccc(C(=O)c2ccc(Br)cc2F)cc1.NO.[2H][B].[U]. The summed E-state index contributed by atoms with van der Waals surface area (Å²) in [6, 6.07) is 52.5. The number of fused-ring (bicyclic) bond motifs is 2. The van der Waals surface area contributed by atoms with Gasteiger partial charge < -0.3 is 48.5 Å². The fourth-order valence-electron chi connectivity index (χ4n) is 9.32. The first-order valence-corrected chi connectivity index (χ1v) is 31.1. The Labute approximate surface area is 599 Å². The third-order valence-electron chi connectivity index (χ3n) is 14.5. The summed E-state index contributed by atoms with van der Waals surface area (Å²) in [6.45, 7) is 3.71. The quantitative estimate of drug-likeness (QED) is 0.0277. The molecule has 0 bridgehead atoms. The smallest absolute Gasteiger partial charge is 0.251 e. The topological polar surface area (TPSA) is 223 Å². The number of methoxy groups -OCH3 is 4. The van der Waals surface area contributed by atoms with Gasteiger partial charge in [0, 0.05) is 116 Å². The van der Waals surface area contributed by atoms with Crippen molar-refractivity contribution >= 4 is 95.5 Å². The van der Waals surface area contributed by atoms with Crippen LogP contribution in [0.25, 0.3) is 55.6 Å². The minimum absolute atomic E-state index is 0. The molecule has 1 amide bonds. The Kier molecular flexibility index (Phi) is 29.2. The van der Waals surface area contributed by atoms with Crippen molar-refractivity contribution in [3.63, 3.8) is 0 Å². The number of aromatic nitrogens is 2. The molecule has 1 aliphatic heterocycles. The van der Waals surface area contributed by atoms with Gasteiger partial charge >= 0.3 is 0 Å². The molecular weight excluding hydrogens is 1640 g/mol. The molecule has 2 aromatic heterocycles. The molecule has 9 aromatic carbocycles. The summed E-state index contributed by atoms with van der Waals surface area (Å²) in [5.74, 6) is 4.43. The Hall–Kier alpha value is -8.04. The second kappa shape index (κ2) is 37.3. The fraction of sp³-hybridized carbons (Fsp3) is 0.169. The molecule has 2 fully saturated rings. The van der Waals surface area contributed by atoms with Crippen molar-refractivity contribution in [2.75, 3.05) is 41.7 Å². The number of nitrogens with zero attached hydrogens (tertiary/aromatic N) is 3. The summed E-state index contributed by atoms with van der Waals surface area (Å²) >= 11 is 9.75. The predicted molar refractivity (Wildman–Crippen MR) is 369 cm³/mol. The van der Waals surface area contributed by atoms with E-state index in [0.717, 1.165) is 86.5 Å². The number of carbonyl (C=O) groups is 2. The van der Waals surface area contributed by atoms with E-state index in [-0.39, 0.29) is 65.7 Å². The molecular formula is C71H64BBr3F3N5O11U. The number of hydrogen-bond acceptors (Lipinski definition) is 15. The molecule has 2 radical (unpaired) electrons. The third-order valence-corrected chi connectivity index (χ3v) is 15.9. The van der Waals surface area contributed by atoms with E-state index in [1.165, 1.54) is 37.1 Å². The summed E-state index contributed by atoms with van der Waals surface area (Å²) in [4.78, 5) is 24.5. The molecule has 1 saturated carbocycles. The first kappa shape index (κ1) is 74.4. The van der Waals surface area contributed by atoms with Gasteiger partial charge in [-0.25, -0.2) is 19.1 Å². The molecule has 2 aliphatic rings. The molecule has 0 spiro atoms. The maximum absolute atomic E-state index is 14.6. The number of benzene rings is 9. The van der Waals surface area contributed by atoms with Crippen molar-refractivity contribution in [2.24, 2.45) is 11.1 Å². The molecule has 95 heavy (non-hydrogen) atoms.